The second kappa shape index (κ2) is 4.00. The minimum absolute atomic E-state index is 0.425. The molecule has 0 atom stereocenters. The second-order valence-electron chi connectivity index (χ2n) is 3.03. The Morgan fingerprint density at radius 1 is 1.00 bits per heavy atom. The maximum Gasteiger partial charge on any atom is 0.298 e. The van der Waals surface area contributed by atoms with Crippen molar-refractivity contribution in [3.05, 3.63) is 36.4 Å². The van der Waals surface area contributed by atoms with Gasteiger partial charge in [0.25, 0.3) is 6.47 Å². The molecule has 0 N–H and O–H groups in total. The van der Waals surface area contributed by atoms with E-state index in [0.29, 0.717) is 12.2 Å². The number of ether oxygens (including phenoxy) is 2. The first-order chi connectivity index (χ1) is 7.36. The predicted molar refractivity (Wildman–Crippen MR) is 57.2 cm³/mol. The summed E-state index contributed by atoms with van der Waals surface area (Å²) in [6.07, 6.45) is 0. The number of hydrogen-bond acceptors (Lipinski definition) is 3. The van der Waals surface area contributed by atoms with Crippen molar-refractivity contribution in [2.45, 2.75) is 0 Å². The van der Waals surface area contributed by atoms with E-state index < -0.39 is 0 Å². The van der Waals surface area contributed by atoms with Gasteiger partial charge in [0.15, 0.2) is 0 Å². The third kappa shape index (κ3) is 1.64. The number of rotatable bonds is 3. The summed E-state index contributed by atoms with van der Waals surface area (Å²) in [5.74, 6) is 1.31. The van der Waals surface area contributed by atoms with E-state index in [1.807, 2.05) is 30.3 Å². The summed E-state index contributed by atoms with van der Waals surface area (Å²) in [4.78, 5) is 10.3. The third-order valence-corrected chi connectivity index (χ3v) is 2.24. The molecule has 0 saturated heterocycles. The summed E-state index contributed by atoms with van der Waals surface area (Å²) in [5.41, 5.74) is 0. The van der Waals surface area contributed by atoms with Crippen LogP contribution in [0.15, 0.2) is 36.4 Å². The molecule has 2 aromatic rings. The van der Waals surface area contributed by atoms with Crippen LogP contribution in [0.5, 0.6) is 11.5 Å². The molecule has 15 heavy (non-hydrogen) atoms. The molecule has 0 spiro atoms. The molecule has 3 heteroatoms. The van der Waals surface area contributed by atoms with E-state index in [-0.39, 0.29) is 0 Å². The van der Waals surface area contributed by atoms with Gasteiger partial charge in [-0.1, -0.05) is 24.3 Å². The van der Waals surface area contributed by atoms with Crippen molar-refractivity contribution in [3.63, 3.8) is 0 Å². The summed E-state index contributed by atoms with van der Waals surface area (Å²) in [6.45, 7) is 0.425. The highest BCUT2D eigenvalue weighted by Crippen LogP contribution is 2.31. The van der Waals surface area contributed by atoms with Gasteiger partial charge in [-0.25, -0.2) is 0 Å². The van der Waals surface area contributed by atoms with Crippen molar-refractivity contribution in [1.29, 1.82) is 0 Å². The molecule has 0 aliphatic carbocycles. The second-order valence-corrected chi connectivity index (χ2v) is 3.03. The molecular weight excluding hydrogens is 192 g/mol. The van der Waals surface area contributed by atoms with Gasteiger partial charge in [-0.3, -0.25) is 4.79 Å². The molecule has 0 amide bonds. The van der Waals surface area contributed by atoms with Gasteiger partial charge in [0, 0.05) is 10.8 Å². The van der Waals surface area contributed by atoms with Crippen LogP contribution in [-0.2, 0) is 4.79 Å². The molecule has 76 valence electrons. The van der Waals surface area contributed by atoms with Crippen LogP contribution in [0, 0.1) is 0 Å². The maximum atomic E-state index is 10.3. The monoisotopic (exact) mass is 202 g/mol. The highest BCUT2D eigenvalue weighted by Gasteiger charge is 2.05. The van der Waals surface area contributed by atoms with Crippen LogP contribution in [0.2, 0.25) is 0 Å². The van der Waals surface area contributed by atoms with Gasteiger partial charge in [0.05, 0.1) is 7.11 Å². The van der Waals surface area contributed by atoms with Crippen molar-refractivity contribution in [3.8, 4) is 11.5 Å². The Kier molecular flexibility index (Phi) is 2.54. The Balaban J connectivity index is 2.70. The standard InChI is InChI=1S/C12H10O3/c1-14-11-6-2-5-10-9(11)4-3-7-12(10)15-8-13/h2-8H,1H3. The lowest BCUT2D eigenvalue weighted by Gasteiger charge is -2.07. The lowest BCUT2D eigenvalue weighted by molar-refractivity contribution is -0.120. The number of hydrogen-bond donors (Lipinski definition) is 0. The summed E-state index contributed by atoms with van der Waals surface area (Å²) in [5, 5.41) is 1.79. The summed E-state index contributed by atoms with van der Waals surface area (Å²) in [7, 11) is 1.61. The average Bonchev–Trinajstić information content (AvgIpc) is 2.29. The van der Waals surface area contributed by atoms with Crippen molar-refractivity contribution in [1.82, 2.24) is 0 Å². The van der Waals surface area contributed by atoms with Crippen LogP contribution in [0.3, 0.4) is 0 Å². The molecular formula is C12H10O3. The number of benzene rings is 2. The molecule has 0 fully saturated rings. The zero-order valence-corrected chi connectivity index (χ0v) is 8.27. The zero-order chi connectivity index (χ0) is 10.7. The van der Waals surface area contributed by atoms with E-state index in [9.17, 15) is 4.79 Å². The van der Waals surface area contributed by atoms with E-state index in [1.165, 1.54) is 0 Å². The normalized spacial score (nSPS) is 9.93. The van der Waals surface area contributed by atoms with Crippen molar-refractivity contribution in [2.24, 2.45) is 0 Å². The largest absolute Gasteiger partial charge is 0.496 e. The lowest BCUT2D eigenvalue weighted by Crippen LogP contribution is -1.91. The average molecular weight is 202 g/mol. The fourth-order valence-electron chi connectivity index (χ4n) is 1.58. The van der Waals surface area contributed by atoms with E-state index in [2.05, 4.69) is 0 Å². The van der Waals surface area contributed by atoms with Crippen LogP contribution in [0.4, 0.5) is 0 Å². The SMILES string of the molecule is COc1cccc2c(OC=O)cccc12. The predicted octanol–water partition coefficient (Wildman–Crippen LogP) is 2.38. The van der Waals surface area contributed by atoms with Gasteiger partial charge in [-0.2, -0.15) is 0 Å². The number of fused-ring (bicyclic) bond motifs is 1. The van der Waals surface area contributed by atoms with Gasteiger partial charge >= 0.3 is 0 Å². The number of carbonyl (C=O) groups excluding carboxylic acids is 1. The topological polar surface area (TPSA) is 35.5 Å². The fraction of sp³-hybridized carbons (Fsp3) is 0.0833. The molecule has 0 unspecified atom stereocenters. The number of carbonyl (C=O) groups is 1. The van der Waals surface area contributed by atoms with Crippen LogP contribution < -0.4 is 9.47 Å². The summed E-state index contributed by atoms with van der Waals surface area (Å²) < 4.78 is 10.1. The lowest BCUT2D eigenvalue weighted by atomic mass is 10.1. The third-order valence-electron chi connectivity index (χ3n) is 2.24. The maximum absolute atomic E-state index is 10.3. The number of methoxy groups -OCH3 is 1. The quantitative estimate of drug-likeness (QED) is 0.717. The fourth-order valence-corrected chi connectivity index (χ4v) is 1.58. The Labute approximate surface area is 87.2 Å². The van der Waals surface area contributed by atoms with Crippen molar-refractivity contribution < 1.29 is 14.3 Å². The van der Waals surface area contributed by atoms with E-state index in [0.717, 1.165) is 16.5 Å². The van der Waals surface area contributed by atoms with Gasteiger partial charge in [0.2, 0.25) is 0 Å². The summed E-state index contributed by atoms with van der Waals surface area (Å²) >= 11 is 0. The molecule has 2 rings (SSSR count). The van der Waals surface area contributed by atoms with Crippen molar-refractivity contribution >= 4 is 17.2 Å². The van der Waals surface area contributed by atoms with Gasteiger partial charge in [0.1, 0.15) is 11.5 Å². The Morgan fingerprint density at radius 2 is 1.60 bits per heavy atom. The molecule has 0 aliphatic rings. The first-order valence-corrected chi connectivity index (χ1v) is 4.53. The smallest absolute Gasteiger partial charge is 0.298 e. The molecule has 0 aromatic heterocycles. The molecule has 3 nitrogen and oxygen atoms in total. The van der Waals surface area contributed by atoms with E-state index in [4.69, 9.17) is 9.47 Å². The minimum atomic E-state index is 0.425. The minimum Gasteiger partial charge on any atom is -0.496 e. The van der Waals surface area contributed by atoms with Gasteiger partial charge < -0.3 is 9.47 Å². The molecule has 2 aromatic carbocycles. The Morgan fingerprint density at radius 3 is 2.20 bits per heavy atom. The molecule has 0 saturated carbocycles. The van der Waals surface area contributed by atoms with Crippen LogP contribution in [-0.4, -0.2) is 13.6 Å². The summed E-state index contributed by atoms with van der Waals surface area (Å²) in [6, 6.07) is 11.1. The first-order valence-electron chi connectivity index (χ1n) is 4.53. The van der Waals surface area contributed by atoms with Crippen LogP contribution >= 0.6 is 0 Å². The van der Waals surface area contributed by atoms with E-state index in [1.54, 1.807) is 13.2 Å². The van der Waals surface area contributed by atoms with Crippen molar-refractivity contribution in [2.75, 3.05) is 7.11 Å². The molecule has 0 heterocycles. The van der Waals surface area contributed by atoms with E-state index >= 15 is 0 Å². The zero-order valence-electron chi connectivity index (χ0n) is 8.27. The van der Waals surface area contributed by atoms with Crippen LogP contribution in [0.25, 0.3) is 10.8 Å². The molecule has 0 radical (unpaired) electrons. The molecule has 0 aliphatic heterocycles. The van der Waals surface area contributed by atoms with Crippen LogP contribution in [0.1, 0.15) is 0 Å². The highest BCUT2D eigenvalue weighted by molar-refractivity contribution is 5.93. The molecule has 0 bridgehead atoms. The Bertz CT molecular complexity index is 491. The highest BCUT2D eigenvalue weighted by atomic mass is 16.5. The van der Waals surface area contributed by atoms with Gasteiger partial charge in [-0.05, 0) is 12.1 Å². The Hall–Kier alpha value is -2.03. The van der Waals surface area contributed by atoms with Gasteiger partial charge in [-0.15, -0.1) is 0 Å². The first kappa shape index (κ1) is 9.52.